The first kappa shape index (κ1) is 13.3. The maximum atomic E-state index is 13.0. The van der Waals surface area contributed by atoms with Crippen molar-refractivity contribution in [3.63, 3.8) is 0 Å². The van der Waals surface area contributed by atoms with E-state index in [9.17, 15) is 9.18 Å². The lowest BCUT2D eigenvalue weighted by Gasteiger charge is -2.00. The van der Waals surface area contributed by atoms with E-state index < -0.39 is 0 Å². The van der Waals surface area contributed by atoms with Crippen LogP contribution in [0.25, 0.3) is 28.6 Å². The van der Waals surface area contributed by atoms with E-state index in [4.69, 9.17) is 4.42 Å². The van der Waals surface area contributed by atoms with Gasteiger partial charge >= 0.3 is 0 Å². The Morgan fingerprint density at radius 2 is 1.78 bits per heavy atom. The van der Waals surface area contributed by atoms with Crippen LogP contribution in [0, 0.1) is 5.82 Å². The largest absolute Gasteiger partial charge is 0.416 e. The van der Waals surface area contributed by atoms with Gasteiger partial charge < -0.3 is 4.42 Å². The van der Waals surface area contributed by atoms with Crippen molar-refractivity contribution in [3.05, 3.63) is 71.0 Å². The highest BCUT2D eigenvalue weighted by Crippen LogP contribution is 2.22. The van der Waals surface area contributed by atoms with E-state index in [1.54, 1.807) is 24.4 Å². The lowest BCUT2D eigenvalue weighted by molar-refractivity contribution is 0.582. The van der Waals surface area contributed by atoms with Crippen LogP contribution in [0.5, 0.6) is 0 Å². The number of fused-ring (bicyclic) bond motifs is 1. The van der Waals surface area contributed by atoms with E-state index in [2.05, 4.69) is 15.2 Å². The van der Waals surface area contributed by atoms with Crippen molar-refractivity contribution in [3.8, 4) is 22.9 Å². The Morgan fingerprint density at radius 1 is 1.00 bits per heavy atom. The van der Waals surface area contributed by atoms with Crippen molar-refractivity contribution in [2.24, 2.45) is 0 Å². The van der Waals surface area contributed by atoms with E-state index in [1.165, 1.54) is 34.9 Å². The van der Waals surface area contributed by atoms with Crippen LogP contribution in [-0.2, 0) is 0 Å². The van der Waals surface area contributed by atoms with Crippen molar-refractivity contribution in [1.29, 1.82) is 0 Å². The second-order valence-electron chi connectivity index (χ2n) is 4.83. The third kappa shape index (κ3) is 2.28. The lowest BCUT2D eigenvalue weighted by atomic mass is 10.2. The molecule has 0 N–H and O–H groups in total. The molecule has 3 aromatic heterocycles. The SMILES string of the molecule is O=c1c(-c2nnc(-c3ccc(F)cc3)o2)cnc2ccccn12. The standard InChI is InChI=1S/C16H9FN4O2/c17-11-6-4-10(5-7-11)14-19-20-15(23-14)12-9-18-13-3-1-2-8-21(13)16(12)22/h1-9H. The van der Waals surface area contributed by atoms with Gasteiger partial charge in [0.15, 0.2) is 0 Å². The predicted molar refractivity (Wildman–Crippen MR) is 80.1 cm³/mol. The van der Waals surface area contributed by atoms with Crippen LogP contribution in [0.2, 0.25) is 0 Å². The summed E-state index contributed by atoms with van der Waals surface area (Å²) in [6.45, 7) is 0. The molecule has 4 rings (SSSR count). The average molecular weight is 308 g/mol. The Kier molecular flexibility index (Phi) is 2.97. The number of pyridine rings is 1. The molecule has 0 unspecified atom stereocenters. The van der Waals surface area contributed by atoms with Gasteiger partial charge in [-0.25, -0.2) is 9.37 Å². The zero-order valence-electron chi connectivity index (χ0n) is 11.7. The fraction of sp³-hybridized carbons (Fsp3) is 0. The van der Waals surface area contributed by atoms with Gasteiger partial charge in [-0.3, -0.25) is 9.20 Å². The summed E-state index contributed by atoms with van der Waals surface area (Å²) in [6.07, 6.45) is 3.02. The number of hydrogen-bond acceptors (Lipinski definition) is 5. The van der Waals surface area contributed by atoms with Gasteiger partial charge in [0, 0.05) is 18.0 Å². The summed E-state index contributed by atoms with van der Waals surface area (Å²) < 4.78 is 19.9. The molecular weight excluding hydrogens is 299 g/mol. The molecule has 0 aliphatic rings. The molecule has 6 nitrogen and oxygen atoms in total. The summed E-state index contributed by atoms with van der Waals surface area (Å²) >= 11 is 0. The highest BCUT2D eigenvalue weighted by atomic mass is 19.1. The summed E-state index contributed by atoms with van der Waals surface area (Å²) in [5.74, 6) is -0.0805. The zero-order chi connectivity index (χ0) is 15.8. The van der Waals surface area contributed by atoms with Gasteiger partial charge in [-0.15, -0.1) is 10.2 Å². The molecule has 112 valence electrons. The maximum Gasteiger partial charge on any atom is 0.270 e. The van der Waals surface area contributed by atoms with Gasteiger partial charge in [-0.1, -0.05) is 6.07 Å². The third-order valence-electron chi connectivity index (χ3n) is 3.36. The van der Waals surface area contributed by atoms with Crippen LogP contribution in [0.4, 0.5) is 4.39 Å². The minimum absolute atomic E-state index is 0.0695. The highest BCUT2D eigenvalue weighted by Gasteiger charge is 2.15. The number of aromatic nitrogens is 4. The van der Waals surface area contributed by atoms with E-state index in [0.29, 0.717) is 11.2 Å². The monoisotopic (exact) mass is 308 g/mol. The third-order valence-corrected chi connectivity index (χ3v) is 3.36. The second-order valence-corrected chi connectivity index (χ2v) is 4.83. The molecule has 0 aliphatic carbocycles. The molecule has 0 bridgehead atoms. The number of nitrogens with zero attached hydrogens (tertiary/aromatic N) is 4. The van der Waals surface area contributed by atoms with Crippen LogP contribution >= 0.6 is 0 Å². The first-order chi connectivity index (χ1) is 11.2. The molecule has 0 radical (unpaired) electrons. The molecule has 0 saturated carbocycles. The van der Waals surface area contributed by atoms with Crippen molar-refractivity contribution in [2.75, 3.05) is 0 Å². The van der Waals surface area contributed by atoms with Crippen molar-refractivity contribution < 1.29 is 8.81 Å². The first-order valence-electron chi connectivity index (χ1n) is 6.78. The van der Waals surface area contributed by atoms with E-state index in [1.807, 2.05) is 0 Å². The quantitative estimate of drug-likeness (QED) is 0.569. The molecule has 0 spiro atoms. The number of rotatable bonds is 2. The second kappa shape index (κ2) is 5.13. The fourth-order valence-electron chi connectivity index (χ4n) is 2.21. The highest BCUT2D eigenvalue weighted by molar-refractivity contribution is 5.57. The number of hydrogen-bond donors (Lipinski definition) is 0. The van der Waals surface area contributed by atoms with Crippen LogP contribution in [0.15, 0.2) is 64.1 Å². The molecule has 0 aliphatic heterocycles. The Bertz CT molecular complexity index is 1050. The lowest BCUT2D eigenvalue weighted by Crippen LogP contribution is -2.16. The normalized spacial score (nSPS) is 11.0. The Hall–Kier alpha value is -3.35. The molecule has 0 saturated heterocycles. The van der Waals surface area contributed by atoms with Gasteiger partial charge in [0.05, 0.1) is 0 Å². The first-order valence-corrected chi connectivity index (χ1v) is 6.78. The van der Waals surface area contributed by atoms with Crippen molar-refractivity contribution in [1.82, 2.24) is 19.6 Å². The van der Waals surface area contributed by atoms with Crippen LogP contribution in [0.1, 0.15) is 0 Å². The Balaban J connectivity index is 1.82. The Labute approximate surface area is 128 Å². The summed E-state index contributed by atoms with van der Waals surface area (Å²) in [7, 11) is 0. The molecule has 0 atom stereocenters. The maximum absolute atomic E-state index is 13.0. The van der Waals surface area contributed by atoms with Crippen molar-refractivity contribution in [2.45, 2.75) is 0 Å². The smallest absolute Gasteiger partial charge is 0.270 e. The molecule has 4 aromatic rings. The molecule has 1 aromatic carbocycles. The predicted octanol–water partition coefficient (Wildman–Crippen LogP) is 2.55. The van der Waals surface area contributed by atoms with E-state index >= 15 is 0 Å². The molecule has 0 amide bonds. The summed E-state index contributed by atoms with van der Waals surface area (Å²) in [4.78, 5) is 16.7. The average Bonchev–Trinajstić information content (AvgIpc) is 3.06. The molecule has 7 heteroatoms. The van der Waals surface area contributed by atoms with Crippen LogP contribution in [-0.4, -0.2) is 19.6 Å². The molecular formula is C16H9FN4O2. The van der Waals surface area contributed by atoms with Gasteiger partial charge in [0.2, 0.25) is 5.89 Å². The van der Waals surface area contributed by atoms with Crippen LogP contribution < -0.4 is 5.56 Å². The summed E-state index contributed by atoms with van der Waals surface area (Å²) in [6, 6.07) is 10.9. The van der Waals surface area contributed by atoms with E-state index in [-0.39, 0.29) is 28.7 Å². The van der Waals surface area contributed by atoms with E-state index in [0.717, 1.165) is 0 Å². The topological polar surface area (TPSA) is 73.3 Å². The minimum Gasteiger partial charge on any atom is -0.416 e. The summed E-state index contributed by atoms with van der Waals surface area (Å²) in [5, 5.41) is 7.79. The minimum atomic E-state index is -0.356. The van der Waals surface area contributed by atoms with Gasteiger partial charge in [0.1, 0.15) is 17.0 Å². The molecule has 3 heterocycles. The van der Waals surface area contributed by atoms with Gasteiger partial charge in [-0.05, 0) is 36.4 Å². The summed E-state index contributed by atoms with van der Waals surface area (Å²) in [5.41, 5.74) is 0.998. The zero-order valence-corrected chi connectivity index (χ0v) is 11.7. The van der Waals surface area contributed by atoms with Gasteiger partial charge in [0.25, 0.3) is 11.4 Å². The van der Waals surface area contributed by atoms with Crippen molar-refractivity contribution >= 4 is 5.65 Å². The molecule has 23 heavy (non-hydrogen) atoms. The molecule has 0 fully saturated rings. The van der Waals surface area contributed by atoms with Gasteiger partial charge in [-0.2, -0.15) is 0 Å². The number of benzene rings is 1. The fourth-order valence-corrected chi connectivity index (χ4v) is 2.21. The van der Waals surface area contributed by atoms with Crippen LogP contribution in [0.3, 0.4) is 0 Å². The number of halogens is 1. The Morgan fingerprint density at radius 3 is 2.61 bits per heavy atom.